The fourth-order valence-corrected chi connectivity index (χ4v) is 3.92. The van der Waals surface area contributed by atoms with Gasteiger partial charge in [-0.1, -0.05) is 12.1 Å². The van der Waals surface area contributed by atoms with Crippen LogP contribution in [0.25, 0.3) is 0 Å². The number of ether oxygens (including phenoxy) is 2. The topological polar surface area (TPSA) is 47.6 Å². The number of nitrogens with one attached hydrogen (secondary N) is 1. The zero-order chi connectivity index (χ0) is 17.4. The SMILES string of the molecule is COC(=O)c1ccc(C2Nc3ccc(F)cc3C3OCCCC23)cc1. The molecule has 0 bridgehead atoms. The molecule has 2 aliphatic rings. The normalized spacial score (nSPS) is 24.6. The fraction of sp³-hybridized carbons (Fsp3) is 0.350. The Kier molecular flexibility index (Phi) is 4.17. The summed E-state index contributed by atoms with van der Waals surface area (Å²) < 4.78 is 24.5. The number of fused-ring (bicyclic) bond motifs is 3. The Morgan fingerprint density at radius 2 is 2.04 bits per heavy atom. The first-order chi connectivity index (χ1) is 12.2. The quantitative estimate of drug-likeness (QED) is 0.830. The number of carbonyl (C=O) groups excluding carboxylic acids is 1. The van der Waals surface area contributed by atoms with E-state index in [-0.39, 0.29) is 29.9 Å². The van der Waals surface area contributed by atoms with Gasteiger partial charge < -0.3 is 14.8 Å². The molecule has 3 unspecified atom stereocenters. The van der Waals surface area contributed by atoms with Crippen LogP contribution in [0, 0.1) is 11.7 Å². The molecule has 25 heavy (non-hydrogen) atoms. The monoisotopic (exact) mass is 341 g/mol. The van der Waals surface area contributed by atoms with Crippen LogP contribution in [0.4, 0.5) is 10.1 Å². The molecule has 0 radical (unpaired) electrons. The average molecular weight is 341 g/mol. The van der Waals surface area contributed by atoms with Crippen LogP contribution in [-0.4, -0.2) is 19.7 Å². The summed E-state index contributed by atoms with van der Waals surface area (Å²) in [6, 6.07) is 12.3. The van der Waals surface area contributed by atoms with Crippen molar-refractivity contribution in [2.75, 3.05) is 19.0 Å². The van der Waals surface area contributed by atoms with E-state index in [1.807, 2.05) is 12.1 Å². The van der Waals surface area contributed by atoms with Gasteiger partial charge in [0.25, 0.3) is 0 Å². The molecular weight excluding hydrogens is 321 g/mol. The van der Waals surface area contributed by atoms with Crippen molar-refractivity contribution in [3.63, 3.8) is 0 Å². The maximum Gasteiger partial charge on any atom is 0.337 e. The molecule has 1 fully saturated rings. The maximum absolute atomic E-state index is 13.7. The number of carbonyl (C=O) groups is 1. The second-order valence-corrected chi connectivity index (χ2v) is 6.56. The van der Waals surface area contributed by atoms with Crippen LogP contribution < -0.4 is 5.32 Å². The third-order valence-corrected chi connectivity index (χ3v) is 5.12. The number of esters is 1. The first kappa shape index (κ1) is 16.1. The van der Waals surface area contributed by atoms with Crippen molar-refractivity contribution >= 4 is 11.7 Å². The molecule has 2 aromatic carbocycles. The Morgan fingerprint density at radius 3 is 2.80 bits per heavy atom. The van der Waals surface area contributed by atoms with Gasteiger partial charge in [-0.05, 0) is 48.7 Å². The Bertz CT molecular complexity index is 790. The number of hydrogen-bond acceptors (Lipinski definition) is 4. The molecule has 2 aromatic rings. The van der Waals surface area contributed by atoms with Crippen molar-refractivity contribution in [3.05, 3.63) is 65.0 Å². The predicted molar refractivity (Wildman–Crippen MR) is 92.0 cm³/mol. The van der Waals surface area contributed by atoms with Crippen LogP contribution in [0.15, 0.2) is 42.5 Å². The molecule has 0 aromatic heterocycles. The summed E-state index contributed by atoms with van der Waals surface area (Å²) in [6.45, 7) is 0.700. The van der Waals surface area contributed by atoms with Crippen molar-refractivity contribution < 1.29 is 18.7 Å². The molecule has 1 N–H and O–H groups in total. The van der Waals surface area contributed by atoms with Crippen molar-refractivity contribution in [2.24, 2.45) is 5.92 Å². The predicted octanol–water partition coefficient (Wildman–Crippen LogP) is 4.25. The van der Waals surface area contributed by atoms with Crippen molar-refractivity contribution in [1.29, 1.82) is 0 Å². The highest BCUT2D eigenvalue weighted by Gasteiger charge is 2.39. The highest BCUT2D eigenvalue weighted by Crippen LogP contribution is 2.49. The molecule has 5 heteroatoms. The molecule has 1 saturated heterocycles. The first-order valence-corrected chi connectivity index (χ1v) is 8.53. The van der Waals surface area contributed by atoms with Gasteiger partial charge in [0, 0.05) is 23.8 Å². The average Bonchev–Trinajstić information content (AvgIpc) is 2.67. The number of methoxy groups -OCH3 is 1. The number of anilines is 1. The fourth-order valence-electron chi connectivity index (χ4n) is 3.92. The van der Waals surface area contributed by atoms with Gasteiger partial charge in [0.05, 0.1) is 24.8 Å². The number of hydrogen-bond donors (Lipinski definition) is 1. The largest absolute Gasteiger partial charge is 0.465 e. The van der Waals surface area contributed by atoms with Gasteiger partial charge in [0.15, 0.2) is 0 Å². The molecule has 2 aliphatic heterocycles. The van der Waals surface area contributed by atoms with Gasteiger partial charge in [-0.3, -0.25) is 0 Å². The standard InChI is InChI=1S/C20H20FNO3/c1-24-20(23)13-6-4-12(5-7-13)18-15-3-2-10-25-19(15)16-11-14(21)8-9-17(16)22-18/h4-9,11,15,18-19,22H,2-3,10H2,1H3. The lowest BCUT2D eigenvalue weighted by molar-refractivity contribution is -0.0382. The van der Waals surface area contributed by atoms with E-state index < -0.39 is 0 Å². The van der Waals surface area contributed by atoms with Crippen LogP contribution in [0.3, 0.4) is 0 Å². The van der Waals surface area contributed by atoms with Crippen LogP contribution in [0.1, 0.15) is 46.5 Å². The number of benzene rings is 2. The molecule has 130 valence electrons. The van der Waals surface area contributed by atoms with E-state index >= 15 is 0 Å². The van der Waals surface area contributed by atoms with Crippen LogP contribution >= 0.6 is 0 Å². The summed E-state index contributed by atoms with van der Waals surface area (Å²) in [7, 11) is 1.37. The van der Waals surface area contributed by atoms with Crippen LogP contribution in [0.5, 0.6) is 0 Å². The molecule has 3 atom stereocenters. The van der Waals surface area contributed by atoms with Crippen LogP contribution in [-0.2, 0) is 9.47 Å². The van der Waals surface area contributed by atoms with E-state index in [9.17, 15) is 9.18 Å². The zero-order valence-corrected chi connectivity index (χ0v) is 14.0. The van der Waals surface area contributed by atoms with E-state index in [1.54, 1.807) is 24.3 Å². The zero-order valence-electron chi connectivity index (χ0n) is 14.0. The molecule has 4 rings (SSSR count). The highest BCUT2D eigenvalue weighted by molar-refractivity contribution is 5.89. The molecule has 4 nitrogen and oxygen atoms in total. The molecular formula is C20H20FNO3. The smallest absolute Gasteiger partial charge is 0.337 e. The van der Waals surface area contributed by atoms with E-state index in [1.165, 1.54) is 13.2 Å². The summed E-state index contributed by atoms with van der Waals surface area (Å²) in [6.07, 6.45) is 1.90. The Balaban J connectivity index is 1.69. The second-order valence-electron chi connectivity index (χ2n) is 6.56. The summed E-state index contributed by atoms with van der Waals surface area (Å²) in [4.78, 5) is 11.6. The van der Waals surface area contributed by atoms with Gasteiger partial charge >= 0.3 is 5.97 Å². The molecule has 0 amide bonds. The second kappa shape index (κ2) is 6.48. The molecule has 0 aliphatic carbocycles. The molecule has 0 saturated carbocycles. The summed E-state index contributed by atoms with van der Waals surface area (Å²) >= 11 is 0. The summed E-state index contributed by atoms with van der Waals surface area (Å²) in [5.41, 5.74) is 3.42. The van der Waals surface area contributed by atoms with Gasteiger partial charge in [-0.25, -0.2) is 9.18 Å². The third-order valence-electron chi connectivity index (χ3n) is 5.12. The minimum absolute atomic E-state index is 0.0648. The lowest BCUT2D eigenvalue weighted by Crippen LogP contribution is -2.36. The number of rotatable bonds is 2. The summed E-state index contributed by atoms with van der Waals surface area (Å²) in [5, 5.41) is 3.54. The minimum Gasteiger partial charge on any atom is -0.465 e. The highest BCUT2D eigenvalue weighted by atomic mass is 19.1. The van der Waals surface area contributed by atoms with Crippen molar-refractivity contribution in [3.8, 4) is 0 Å². The number of halogens is 1. The van der Waals surface area contributed by atoms with E-state index in [2.05, 4.69) is 5.32 Å². The third kappa shape index (κ3) is 2.89. The van der Waals surface area contributed by atoms with Gasteiger partial charge in [-0.15, -0.1) is 0 Å². The summed E-state index contributed by atoms with van der Waals surface area (Å²) in [5.74, 6) is -0.357. The van der Waals surface area contributed by atoms with E-state index in [0.29, 0.717) is 12.2 Å². The molecule has 0 spiro atoms. The van der Waals surface area contributed by atoms with E-state index in [0.717, 1.165) is 29.7 Å². The first-order valence-electron chi connectivity index (χ1n) is 8.53. The minimum atomic E-state index is -0.345. The molecule has 2 heterocycles. The lowest BCUT2D eigenvalue weighted by Gasteiger charge is -2.43. The Morgan fingerprint density at radius 1 is 1.24 bits per heavy atom. The van der Waals surface area contributed by atoms with Crippen molar-refractivity contribution in [1.82, 2.24) is 0 Å². The van der Waals surface area contributed by atoms with Crippen LogP contribution in [0.2, 0.25) is 0 Å². The Hall–Kier alpha value is -2.40. The lowest BCUT2D eigenvalue weighted by atomic mass is 9.77. The van der Waals surface area contributed by atoms with Gasteiger partial charge in [0.2, 0.25) is 0 Å². The maximum atomic E-state index is 13.7. The Labute approximate surface area is 146 Å². The van der Waals surface area contributed by atoms with E-state index in [4.69, 9.17) is 9.47 Å². The van der Waals surface area contributed by atoms with Gasteiger partial charge in [0.1, 0.15) is 5.82 Å². The van der Waals surface area contributed by atoms with Crippen molar-refractivity contribution in [2.45, 2.75) is 25.0 Å². The van der Waals surface area contributed by atoms with Gasteiger partial charge in [-0.2, -0.15) is 0 Å².